The number of hydrogen-bond donors (Lipinski definition) is 0. The number of nitro benzene ring substituents is 1. The molecule has 0 unspecified atom stereocenters. The molecule has 0 radical (unpaired) electrons. The molecular weight excluding hydrogens is 232 g/mol. The minimum atomic E-state index is -0.417. The Kier molecular flexibility index (Phi) is 2.40. The van der Waals surface area contributed by atoms with E-state index in [0.29, 0.717) is 6.54 Å². The molecule has 3 rings (SSSR count). The fourth-order valence-electron chi connectivity index (χ4n) is 2.13. The highest BCUT2D eigenvalue weighted by Gasteiger charge is 2.29. The van der Waals surface area contributed by atoms with Crippen molar-refractivity contribution in [1.29, 1.82) is 0 Å². The summed E-state index contributed by atoms with van der Waals surface area (Å²) in [6.45, 7) is 0.315. The second-order valence-corrected chi connectivity index (χ2v) is 4.68. The molecule has 18 heavy (non-hydrogen) atoms. The van der Waals surface area contributed by atoms with Gasteiger partial charge in [-0.3, -0.25) is 14.9 Å². The lowest BCUT2D eigenvalue weighted by Gasteiger charge is -2.03. The summed E-state index contributed by atoms with van der Waals surface area (Å²) in [6, 6.07) is 6.59. The Hall–Kier alpha value is -2.17. The predicted molar refractivity (Wildman–Crippen MR) is 66.3 cm³/mol. The average molecular weight is 244 g/mol. The molecule has 1 aromatic carbocycles. The van der Waals surface area contributed by atoms with Crippen molar-refractivity contribution < 1.29 is 9.72 Å². The van der Waals surface area contributed by atoms with Gasteiger partial charge in [0.05, 0.1) is 17.0 Å². The molecule has 1 fully saturated rings. The van der Waals surface area contributed by atoms with Gasteiger partial charge in [-0.25, -0.2) is 0 Å². The Morgan fingerprint density at radius 3 is 2.83 bits per heavy atom. The minimum absolute atomic E-state index is 0.0568. The molecule has 0 amide bonds. The van der Waals surface area contributed by atoms with E-state index in [0.717, 1.165) is 23.7 Å². The molecule has 5 heteroatoms. The first-order valence-corrected chi connectivity index (χ1v) is 5.91. The number of Topliss-reactive ketones (excluding diaryl/α,β-unsaturated/α-hetero) is 1. The fourth-order valence-corrected chi connectivity index (χ4v) is 2.13. The molecule has 0 bridgehead atoms. The van der Waals surface area contributed by atoms with Crippen LogP contribution in [-0.4, -0.2) is 15.3 Å². The number of hydrogen-bond acceptors (Lipinski definition) is 3. The van der Waals surface area contributed by atoms with Crippen LogP contribution < -0.4 is 0 Å². The molecule has 1 aromatic heterocycles. The summed E-state index contributed by atoms with van der Waals surface area (Å²) >= 11 is 0. The quantitative estimate of drug-likeness (QED) is 0.613. The maximum absolute atomic E-state index is 11.8. The van der Waals surface area contributed by atoms with Gasteiger partial charge in [-0.2, -0.15) is 0 Å². The zero-order valence-corrected chi connectivity index (χ0v) is 9.70. The molecule has 1 aliphatic rings. The van der Waals surface area contributed by atoms with Crippen LogP contribution in [0.1, 0.15) is 12.8 Å². The van der Waals surface area contributed by atoms with Gasteiger partial charge in [0.1, 0.15) is 0 Å². The van der Waals surface area contributed by atoms with E-state index >= 15 is 0 Å². The molecule has 0 spiro atoms. The van der Waals surface area contributed by atoms with Gasteiger partial charge >= 0.3 is 0 Å². The van der Waals surface area contributed by atoms with Crippen molar-refractivity contribution in [3.05, 3.63) is 40.6 Å². The second kappa shape index (κ2) is 3.94. The van der Waals surface area contributed by atoms with Crippen LogP contribution in [0.4, 0.5) is 5.69 Å². The smallest absolute Gasteiger partial charge is 0.271 e. The molecule has 1 saturated carbocycles. The number of rotatable bonds is 4. The summed E-state index contributed by atoms with van der Waals surface area (Å²) in [5.74, 6) is 0.431. The van der Waals surface area contributed by atoms with Crippen molar-refractivity contribution in [1.82, 2.24) is 4.57 Å². The van der Waals surface area contributed by atoms with Gasteiger partial charge < -0.3 is 4.57 Å². The normalized spacial score (nSPS) is 14.9. The van der Waals surface area contributed by atoms with E-state index in [-0.39, 0.29) is 17.4 Å². The zero-order valence-electron chi connectivity index (χ0n) is 9.70. The van der Waals surface area contributed by atoms with Crippen molar-refractivity contribution in [3.63, 3.8) is 0 Å². The topological polar surface area (TPSA) is 65.1 Å². The SMILES string of the molecule is O=C(Cn1ccc2ccc([N+](=O)[O-])cc21)C1CC1. The van der Waals surface area contributed by atoms with E-state index in [4.69, 9.17) is 0 Å². The lowest BCUT2D eigenvalue weighted by atomic mass is 10.2. The van der Waals surface area contributed by atoms with Crippen molar-refractivity contribution in [2.75, 3.05) is 0 Å². The van der Waals surface area contributed by atoms with E-state index in [2.05, 4.69) is 0 Å². The fraction of sp³-hybridized carbons (Fsp3) is 0.308. The van der Waals surface area contributed by atoms with Gasteiger partial charge in [0.15, 0.2) is 5.78 Å². The highest BCUT2D eigenvalue weighted by Crippen LogP contribution is 2.31. The number of aromatic nitrogens is 1. The third kappa shape index (κ3) is 1.88. The van der Waals surface area contributed by atoms with E-state index in [1.54, 1.807) is 10.6 Å². The van der Waals surface area contributed by atoms with Gasteiger partial charge in [-0.05, 0) is 25.0 Å². The third-order valence-corrected chi connectivity index (χ3v) is 3.33. The number of nitro groups is 1. The average Bonchev–Trinajstić information content (AvgIpc) is 3.13. The zero-order chi connectivity index (χ0) is 12.7. The first-order valence-electron chi connectivity index (χ1n) is 5.91. The largest absolute Gasteiger partial charge is 0.340 e. The first kappa shape index (κ1) is 11.0. The molecule has 0 atom stereocenters. The van der Waals surface area contributed by atoms with Crippen LogP contribution in [0.25, 0.3) is 10.9 Å². The molecule has 92 valence electrons. The Balaban J connectivity index is 1.97. The van der Waals surface area contributed by atoms with Crippen LogP contribution in [0, 0.1) is 16.0 Å². The number of fused-ring (bicyclic) bond motifs is 1. The maximum atomic E-state index is 11.8. The standard InChI is InChI=1S/C13H12N2O3/c16-13(10-1-2-10)8-14-6-5-9-3-4-11(15(17)18)7-12(9)14/h3-7,10H,1-2,8H2. The molecule has 5 nitrogen and oxygen atoms in total. The Labute approximate surface area is 103 Å². The summed E-state index contributed by atoms with van der Waals surface area (Å²) in [5.41, 5.74) is 0.805. The number of nitrogens with zero attached hydrogens (tertiary/aromatic N) is 2. The van der Waals surface area contributed by atoms with Gasteiger partial charge in [-0.1, -0.05) is 0 Å². The molecule has 0 N–H and O–H groups in total. The summed E-state index contributed by atoms with van der Waals surface area (Å²) in [4.78, 5) is 22.1. The highest BCUT2D eigenvalue weighted by atomic mass is 16.6. The van der Waals surface area contributed by atoms with Gasteiger partial charge in [0, 0.05) is 29.6 Å². The van der Waals surface area contributed by atoms with Crippen LogP contribution in [0.5, 0.6) is 0 Å². The second-order valence-electron chi connectivity index (χ2n) is 4.68. The third-order valence-electron chi connectivity index (χ3n) is 3.33. The van der Waals surface area contributed by atoms with Crippen molar-refractivity contribution in [3.8, 4) is 0 Å². The van der Waals surface area contributed by atoms with Crippen molar-refractivity contribution >= 4 is 22.4 Å². The molecular formula is C13H12N2O3. The first-order chi connectivity index (χ1) is 8.65. The van der Waals surface area contributed by atoms with Gasteiger partial charge in [0.25, 0.3) is 5.69 Å². The van der Waals surface area contributed by atoms with Gasteiger partial charge in [-0.15, -0.1) is 0 Å². The molecule has 1 aliphatic carbocycles. The highest BCUT2D eigenvalue weighted by molar-refractivity contribution is 5.87. The number of ketones is 1. The Morgan fingerprint density at radius 2 is 2.17 bits per heavy atom. The van der Waals surface area contributed by atoms with Crippen LogP contribution in [0.15, 0.2) is 30.5 Å². The monoisotopic (exact) mass is 244 g/mol. The lowest BCUT2D eigenvalue weighted by molar-refractivity contribution is -0.384. The summed E-state index contributed by atoms with van der Waals surface area (Å²) < 4.78 is 1.79. The van der Waals surface area contributed by atoms with Crippen LogP contribution in [-0.2, 0) is 11.3 Å². The van der Waals surface area contributed by atoms with E-state index in [1.165, 1.54) is 12.1 Å². The molecule has 2 aromatic rings. The van der Waals surface area contributed by atoms with E-state index < -0.39 is 4.92 Å². The van der Waals surface area contributed by atoms with Crippen molar-refractivity contribution in [2.45, 2.75) is 19.4 Å². The lowest BCUT2D eigenvalue weighted by Crippen LogP contribution is -2.10. The Bertz CT molecular complexity index is 641. The Morgan fingerprint density at radius 1 is 1.39 bits per heavy atom. The number of carbonyl (C=O) groups is 1. The number of carbonyl (C=O) groups excluding carboxylic acids is 1. The number of non-ortho nitro benzene ring substituents is 1. The number of benzene rings is 1. The molecule has 0 aliphatic heterocycles. The molecule has 1 heterocycles. The molecule has 0 saturated heterocycles. The summed E-state index contributed by atoms with van der Waals surface area (Å²) in [5, 5.41) is 11.7. The summed E-state index contributed by atoms with van der Waals surface area (Å²) in [6.07, 6.45) is 3.78. The van der Waals surface area contributed by atoms with Crippen LogP contribution in [0.2, 0.25) is 0 Å². The van der Waals surface area contributed by atoms with Gasteiger partial charge in [0.2, 0.25) is 0 Å². The predicted octanol–water partition coefficient (Wildman–Crippen LogP) is 2.53. The summed E-state index contributed by atoms with van der Waals surface area (Å²) in [7, 11) is 0. The minimum Gasteiger partial charge on any atom is -0.340 e. The van der Waals surface area contributed by atoms with Crippen molar-refractivity contribution in [2.24, 2.45) is 5.92 Å². The maximum Gasteiger partial charge on any atom is 0.271 e. The van der Waals surface area contributed by atoms with E-state index in [9.17, 15) is 14.9 Å². The van der Waals surface area contributed by atoms with E-state index in [1.807, 2.05) is 12.3 Å². The van der Waals surface area contributed by atoms with Crippen LogP contribution in [0.3, 0.4) is 0 Å². The van der Waals surface area contributed by atoms with Crippen LogP contribution >= 0.6 is 0 Å².